The normalized spacial score (nSPS) is 25.4. The topological polar surface area (TPSA) is 38.9 Å². The lowest BCUT2D eigenvalue weighted by molar-refractivity contribution is -0.198. The molecule has 2 N–H and O–H groups in total. The lowest BCUT2D eigenvalue weighted by atomic mass is 9.74. The van der Waals surface area contributed by atoms with Gasteiger partial charge in [-0.05, 0) is 37.3 Å². The van der Waals surface area contributed by atoms with Crippen LogP contribution in [0.15, 0.2) is 18.3 Å². The quantitative estimate of drug-likeness (QED) is 0.921. The molecule has 0 aromatic carbocycles. The van der Waals surface area contributed by atoms with Gasteiger partial charge in [-0.15, -0.1) is 0 Å². The summed E-state index contributed by atoms with van der Waals surface area (Å²) in [5, 5.41) is 0. The van der Waals surface area contributed by atoms with Crippen LogP contribution in [0.2, 0.25) is 0 Å². The molecule has 0 spiro atoms. The molecule has 0 saturated heterocycles. The van der Waals surface area contributed by atoms with Gasteiger partial charge in [0.15, 0.2) is 0 Å². The van der Waals surface area contributed by atoms with E-state index in [2.05, 4.69) is 4.98 Å². The Bertz CT molecular complexity index is 445. The maximum atomic E-state index is 13.1. The van der Waals surface area contributed by atoms with Crippen molar-refractivity contribution in [1.29, 1.82) is 0 Å². The van der Waals surface area contributed by atoms with Crippen molar-refractivity contribution < 1.29 is 13.2 Å². The van der Waals surface area contributed by atoms with Gasteiger partial charge in [-0.1, -0.05) is 18.9 Å². The second-order valence-corrected chi connectivity index (χ2v) is 5.73. The van der Waals surface area contributed by atoms with Crippen LogP contribution in [0.25, 0.3) is 0 Å². The summed E-state index contributed by atoms with van der Waals surface area (Å²) in [4.78, 5) is 4.24. The van der Waals surface area contributed by atoms with Crippen LogP contribution in [0.4, 0.5) is 13.2 Å². The van der Waals surface area contributed by atoms with E-state index in [-0.39, 0.29) is 6.42 Å². The van der Waals surface area contributed by atoms with E-state index in [0.29, 0.717) is 19.3 Å². The van der Waals surface area contributed by atoms with Crippen molar-refractivity contribution in [2.24, 2.45) is 17.6 Å². The first-order chi connectivity index (χ1) is 9.39. The Morgan fingerprint density at radius 3 is 2.70 bits per heavy atom. The van der Waals surface area contributed by atoms with Gasteiger partial charge < -0.3 is 5.73 Å². The number of hydrogen-bond donors (Lipinski definition) is 1. The summed E-state index contributed by atoms with van der Waals surface area (Å²) in [5.41, 5.74) is 7.90. The van der Waals surface area contributed by atoms with Crippen molar-refractivity contribution >= 4 is 0 Å². The Morgan fingerprint density at radius 2 is 2.05 bits per heavy atom. The molecule has 1 heterocycles. The molecule has 0 bridgehead atoms. The molecule has 0 radical (unpaired) electrons. The van der Waals surface area contributed by atoms with Crippen molar-refractivity contribution in [2.75, 3.05) is 0 Å². The van der Waals surface area contributed by atoms with Crippen LogP contribution in [0, 0.1) is 18.8 Å². The van der Waals surface area contributed by atoms with E-state index in [1.165, 1.54) is 0 Å². The second-order valence-electron chi connectivity index (χ2n) is 5.73. The first kappa shape index (κ1) is 15.3. The summed E-state index contributed by atoms with van der Waals surface area (Å²) in [7, 11) is 0. The van der Waals surface area contributed by atoms with Crippen LogP contribution in [0.3, 0.4) is 0 Å². The first-order valence-electron chi connectivity index (χ1n) is 7.12. The number of alkyl halides is 3. The molecule has 1 aromatic rings. The SMILES string of the molecule is Cc1cccnc1CC(N)C1CCCCC1C(F)(F)F. The summed E-state index contributed by atoms with van der Waals surface area (Å²) >= 11 is 0. The lowest BCUT2D eigenvalue weighted by Crippen LogP contribution is -2.44. The van der Waals surface area contributed by atoms with Crippen molar-refractivity contribution in [3.8, 4) is 0 Å². The molecule has 1 aliphatic rings. The molecule has 1 fully saturated rings. The molecular weight excluding hydrogens is 265 g/mol. The average Bonchev–Trinajstić information content (AvgIpc) is 2.40. The lowest BCUT2D eigenvalue weighted by Gasteiger charge is -2.36. The van der Waals surface area contributed by atoms with Gasteiger partial charge in [-0.25, -0.2) is 0 Å². The number of hydrogen-bond acceptors (Lipinski definition) is 2. The van der Waals surface area contributed by atoms with E-state index >= 15 is 0 Å². The van der Waals surface area contributed by atoms with Gasteiger partial charge in [-0.3, -0.25) is 4.98 Å². The number of halogens is 3. The summed E-state index contributed by atoms with van der Waals surface area (Å²) in [6, 6.07) is 3.26. The fourth-order valence-corrected chi connectivity index (χ4v) is 3.19. The first-order valence-corrected chi connectivity index (χ1v) is 7.12. The number of aryl methyl sites for hydroxylation is 1. The van der Waals surface area contributed by atoms with Gasteiger partial charge in [0.2, 0.25) is 0 Å². The fraction of sp³-hybridized carbons (Fsp3) is 0.667. The van der Waals surface area contributed by atoms with Crippen molar-refractivity contribution in [1.82, 2.24) is 4.98 Å². The average molecular weight is 286 g/mol. The van der Waals surface area contributed by atoms with Gasteiger partial charge >= 0.3 is 6.18 Å². The third-order valence-electron chi connectivity index (χ3n) is 4.34. The van der Waals surface area contributed by atoms with Crippen LogP contribution in [-0.4, -0.2) is 17.2 Å². The molecule has 1 aromatic heterocycles. The molecular formula is C15H21F3N2. The van der Waals surface area contributed by atoms with E-state index in [1.54, 1.807) is 6.20 Å². The van der Waals surface area contributed by atoms with Crippen LogP contribution in [0.1, 0.15) is 36.9 Å². The van der Waals surface area contributed by atoms with Gasteiger partial charge in [0.05, 0.1) is 5.92 Å². The highest BCUT2D eigenvalue weighted by atomic mass is 19.4. The molecule has 0 amide bonds. The molecule has 2 rings (SSSR count). The van der Waals surface area contributed by atoms with Gasteiger partial charge in [-0.2, -0.15) is 13.2 Å². The Kier molecular flexibility index (Phi) is 4.68. The largest absolute Gasteiger partial charge is 0.392 e. The minimum absolute atomic E-state index is 0.211. The molecule has 3 atom stereocenters. The molecule has 0 aliphatic heterocycles. The van der Waals surface area contributed by atoms with Crippen LogP contribution >= 0.6 is 0 Å². The fourth-order valence-electron chi connectivity index (χ4n) is 3.19. The Labute approximate surface area is 117 Å². The summed E-state index contributed by atoms with van der Waals surface area (Å²) < 4.78 is 39.3. The number of pyridine rings is 1. The molecule has 1 saturated carbocycles. The van der Waals surface area contributed by atoms with Crippen LogP contribution in [0.5, 0.6) is 0 Å². The minimum Gasteiger partial charge on any atom is -0.327 e. The van der Waals surface area contributed by atoms with E-state index in [0.717, 1.165) is 17.7 Å². The maximum Gasteiger partial charge on any atom is 0.392 e. The highest BCUT2D eigenvalue weighted by Crippen LogP contribution is 2.42. The number of rotatable bonds is 3. The Morgan fingerprint density at radius 1 is 1.35 bits per heavy atom. The minimum atomic E-state index is -4.14. The standard InChI is InChI=1S/C15H21F3N2/c1-10-5-4-8-20-14(10)9-13(19)11-6-2-3-7-12(11)15(16,17)18/h4-5,8,11-13H,2-3,6-7,9,19H2,1H3. The predicted molar refractivity (Wildman–Crippen MR) is 72.2 cm³/mol. The smallest absolute Gasteiger partial charge is 0.327 e. The zero-order valence-electron chi connectivity index (χ0n) is 11.7. The Balaban J connectivity index is 2.10. The van der Waals surface area contributed by atoms with E-state index in [1.807, 2.05) is 19.1 Å². The van der Waals surface area contributed by atoms with Crippen LogP contribution < -0.4 is 5.73 Å². The number of aromatic nitrogens is 1. The molecule has 112 valence electrons. The van der Waals surface area contributed by atoms with E-state index < -0.39 is 24.1 Å². The highest BCUT2D eigenvalue weighted by molar-refractivity contribution is 5.18. The predicted octanol–water partition coefficient (Wildman–Crippen LogP) is 3.63. The zero-order valence-corrected chi connectivity index (χ0v) is 11.7. The molecule has 20 heavy (non-hydrogen) atoms. The van der Waals surface area contributed by atoms with E-state index in [4.69, 9.17) is 5.73 Å². The monoisotopic (exact) mass is 286 g/mol. The summed E-state index contributed by atoms with van der Waals surface area (Å²) in [6.45, 7) is 1.91. The van der Waals surface area contributed by atoms with Crippen LogP contribution in [-0.2, 0) is 6.42 Å². The van der Waals surface area contributed by atoms with Gasteiger partial charge in [0.1, 0.15) is 0 Å². The van der Waals surface area contributed by atoms with Crippen molar-refractivity contribution in [3.05, 3.63) is 29.6 Å². The Hall–Kier alpha value is -1.10. The van der Waals surface area contributed by atoms with E-state index in [9.17, 15) is 13.2 Å². The molecule has 5 heteroatoms. The van der Waals surface area contributed by atoms with Gasteiger partial charge in [0, 0.05) is 24.4 Å². The number of nitrogens with zero attached hydrogens (tertiary/aromatic N) is 1. The molecule has 2 nitrogen and oxygen atoms in total. The zero-order chi connectivity index (χ0) is 14.8. The molecule has 3 unspecified atom stereocenters. The summed E-state index contributed by atoms with van der Waals surface area (Å²) in [6.07, 6.45) is 0.214. The van der Waals surface area contributed by atoms with Crippen molar-refractivity contribution in [2.45, 2.75) is 51.2 Å². The summed E-state index contributed by atoms with van der Waals surface area (Å²) in [5.74, 6) is -1.74. The third kappa shape index (κ3) is 3.51. The number of nitrogens with two attached hydrogens (primary N) is 1. The third-order valence-corrected chi connectivity index (χ3v) is 4.34. The second kappa shape index (κ2) is 6.12. The molecule has 1 aliphatic carbocycles. The highest BCUT2D eigenvalue weighted by Gasteiger charge is 2.47. The maximum absolute atomic E-state index is 13.1. The van der Waals surface area contributed by atoms with Gasteiger partial charge in [0.25, 0.3) is 0 Å². The van der Waals surface area contributed by atoms with Crippen molar-refractivity contribution in [3.63, 3.8) is 0 Å².